The minimum absolute atomic E-state index is 0.133. The summed E-state index contributed by atoms with van der Waals surface area (Å²) in [5, 5.41) is 3.33. The fourth-order valence-corrected chi connectivity index (χ4v) is 2.39. The summed E-state index contributed by atoms with van der Waals surface area (Å²) in [7, 11) is 0. The minimum Gasteiger partial charge on any atom is -0.385 e. The molecule has 15 heavy (non-hydrogen) atoms. The molecule has 0 amide bonds. The van der Waals surface area contributed by atoms with E-state index in [1.807, 2.05) is 6.07 Å². The van der Waals surface area contributed by atoms with E-state index in [0.717, 1.165) is 24.2 Å². The van der Waals surface area contributed by atoms with E-state index in [0.29, 0.717) is 5.92 Å². The van der Waals surface area contributed by atoms with Crippen LogP contribution < -0.4 is 5.32 Å². The highest BCUT2D eigenvalue weighted by Gasteiger charge is 2.30. The number of nitrogens with one attached hydrogen (secondary N) is 1. The molecule has 1 aliphatic heterocycles. The number of rotatable bonds is 0. The smallest absolute Gasteiger partial charge is 0.123 e. The van der Waals surface area contributed by atoms with Crippen molar-refractivity contribution in [2.24, 2.45) is 5.41 Å². The van der Waals surface area contributed by atoms with Crippen molar-refractivity contribution in [2.45, 2.75) is 33.1 Å². The second-order valence-corrected chi connectivity index (χ2v) is 5.37. The van der Waals surface area contributed by atoms with Crippen LogP contribution in [0.4, 0.5) is 10.1 Å². The molecule has 1 aliphatic rings. The summed E-state index contributed by atoms with van der Waals surface area (Å²) in [5.74, 6) is 0.316. The molecule has 0 aromatic heterocycles. The van der Waals surface area contributed by atoms with Crippen molar-refractivity contribution in [2.75, 3.05) is 11.9 Å². The molecule has 2 heteroatoms. The average Bonchev–Trinajstić information content (AvgIpc) is 2.15. The number of hydrogen-bond acceptors (Lipinski definition) is 1. The summed E-state index contributed by atoms with van der Waals surface area (Å²) >= 11 is 0. The van der Waals surface area contributed by atoms with Crippen LogP contribution in [0, 0.1) is 11.2 Å². The van der Waals surface area contributed by atoms with E-state index < -0.39 is 0 Å². The first-order chi connectivity index (χ1) is 6.98. The summed E-state index contributed by atoms with van der Waals surface area (Å²) in [5.41, 5.74) is 2.43. The molecule has 0 radical (unpaired) electrons. The largest absolute Gasteiger partial charge is 0.385 e. The van der Waals surface area contributed by atoms with E-state index in [4.69, 9.17) is 0 Å². The molecule has 1 heterocycles. The maximum absolute atomic E-state index is 13.2. The first-order valence-electron chi connectivity index (χ1n) is 5.52. The maximum atomic E-state index is 13.2. The van der Waals surface area contributed by atoms with E-state index in [9.17, 15) is 4.39 Å². The molecular formula is C13H18FN. The lowest BCUT2D eigenvalue weighted by atomic mass is 9.73. The Morgan fingerprint density at radius 2 is 2.07 bits per heavy atom. The van der Waals surface area contributed by atoms with Gasteiger partial charge in [-0.2, -0.15) is 0 Å². The molecule has 2 rings (SSSR count). The van der Waals surface area contributed by atoms with Crippen LogP contribution in [-0.2, 0) is 0 Å². The lowest BCUT2D eigenvalue weighted by Crippen LogP contribution is -2.26. The Morgan fingerprint density at radius 1 is 1.33 bits per heavy atom. The summed E-state index contributed by atoms with van der Waals surface area (Å²) < 4.78 is 13.2. The van der Waals surface area contributed by atoms with Crippen molar-refractivity contribution >= 4 is 5.69 Å². The second kappa shape index (κ2) is 3.51. The zero-order chi connectivity index (χ0) is 11.1. The topological polar surface area (TPSA) is 12.0 Å². The third-order valence-corrected chi connectivity index (χ3v) is 3.18. The molecule has 0 fully saturated rings. The van der Waals surface area contributed by atoms with Crippen LogP contribution in [0.3, 0.4) is 0 Å². The molecule has 1 N–H and O–H groups in total. The van der Waals surface area contributed by atoms with Crippen LogP contribution in [0.2, 0.25) is 0 Å². The van der Waals surface area contributed by atoms with Crippen molar-refractivity contribution in [3.8, 4) is 0 Å². The molecule has 0 aliphatic carbocycles. The summed E-state index contributed by atoms with van der Waals surface area (Å²) in [6.45, 7) is 7.65. The molecule has 1 nitrogen and oxygen atoms in total. The summed E-state index contributed by atoms with van der Waals surface area (Å²) in [6, 6.07) is 5.05. The van der Waals surface area contributed by atoms with Crippen LogP contribution in [0.25, 0.3) is 0 Å². The lowest BCUT2D eigenvalue weighted by molar-refractivity contribution is 0.305. The standard InChI is InChI=1S/C13H18FN/c1-13(2,3)11-6-7-15-12-5-4-9(14)8-10(11)12/h4-5,8,11,15H,6-7H2,1-3H3. The minimum atomic E-state index is -0.133. The Morgan fingerprint density at radius 3 is 2.73 bits per heavy atom. The zero-order valence-corrected chi connectivity index (χ0v) is 9.60. The molecule has 0 saturated carbocycles. The van der Waals surface area contributed by atoms with E-state index in [1.54, 1.807) is 6.07 Å². The summed E-state index contributed by atoms with van der Waals surface area (Å²) in [6.07, 6.45) is 1.08. The first-order valence-corrected chi connectivity index (χ1v) is 5.52. The number of hydrogen-bond donors (Lipinski definition) is 1. The fraction of sp³-hybridized carbons (Fsp3) is 0.538. The molecule has 1 unspecified atom stereocenters. The lowest BCUT2D eigenvalue weighted by Gasteiger charge is -2.36. The average molecular weight is 207 g/mol. The number of fused-ring (bicyclic) bond motifs is 1. The Bertz CT molecular complexity index is 365. The van der Waals surface area contributed by atoms with Crippen molar-refractivity contribution in [1.29, 1.82) is 0 Å². The van der Waals surface area contributed by atoms with Gasteiger partial charge in [0.15, 0.2) is 0 Å². The van der Waals surface area contributed by atoms with Crippen LogP contribution in [0.5, 0.6) is 0 Å². The van der Waals surface area contributed by atoms with Gasteiger partial charge in [0.25, 0.3) is 0 Å². The van der Waals surface area contributed by atoms with Gasteiger partial charge >= 0.3 is 0 Å². The van der Waals surface area contributed by atoms with Crippen molar-refractivity contribution < 1.29 is 4.39 Å². The van der Waals surface area contributed by atoms with E-state index in [1.165, 1.54) is 6.07 Å². The Labute approximate surface area is 90.7 Å². The molecule has 0 spiro atoms. The van der Waals surface area contributed by atoms with Crippen LogP contribution in [0.1, 0.15) is 38.7 Å². The number of anilines is 1. The Kier molecular flexibility index (Phi) is 2.45. The van der Waals surface area contributed by atoms with Gasteiger partial charge in [-0.3, -0.25) is 0 Å². The monoisotopic (exact) mass is 207 g/mol. The van der Waals surface area contributed by atoms with Crippen LogP contribution in [0.15, 0.2) is 18.2 Å². The summed E-state index contributed by atoms with van der Waals surface area (Å²) in [4.78, 5) is 0. The predicted octanol–water partition coefficient (Wildman–Crippen LogP) is 3.77. The van der Waals surface area contributed by atoms with Gasteiger partial charge in [0.2, 0.25) is 0 Å². The molecule has 0 bridgehead atoms. The third-order valence-electron chi connectivity index (χ3n) is 3.18. The van der Waals surface area contributed by atoms with Gasteiger partial charge in [-0.1, -0.05) is 20.8 Å². The Hall–Kier alpha value is -1.05. The van der Waals surface area contributed by atoms with Crippen molar-refractivity contribution in [3.05, 3.63) is 29.6 Å². The zero-order valence-electron chi connectivity index (χ0n) is 9.60. The second-order valence-electron chi connectivity index (χ2n) is 5.37. The first kappa shape index (κ1) is 10.5. The maximum Gasteiger partial charge on any atom is 0.123 e. The quantitative estimate of drug-likeness (QED) is 0.682. The SMILES string of the molecule is CC(C)(C)C1CCNc2ccc(F)cc21. The van der Waals surface area contributed by atoms with Gasteiger partial charge in [-0.15, -0.1) is 0 Å². The normalized spacial score (nSPS) is 20.7. The highest BCUT2D eigenvalue weighted by atomic mass is 19.1. The Balaban J connectivity index is 2.45. The van der Waals surface area contributed by atoms with Gasteiger partial charge in [0.05, 0.1) is 0 Å². The van der Waals surface area contributed by atoms with Crippen LogP contribution >= 0.6 is 0 Å². The van der Waals surface area contributed by atoms with E-state index >= 15 is 0 Å². The molecular weight excluding hydrogens is 189 g/mol. The predicted molar refractivity (Wildman–Crippen MR) is 61.7 cm³/mol. The van der Waals surface area contributed by atoms with E-state index in [-0.39, 0.29) is 11.2 Å². The van der Waals surface area contributed by atoms with Gasteiger partial charge < -0.3 is 5.32 Å². The number of benzene rings is 1. The molecule has 1 aromatic carbocycles. The van der Waals surface area contributed by atoms with E-state index in [2.05, 4.69) is 26.1 Å². The van der Waals surface area contributed by atoms with Crippen molar-refractivity contribution in [1.82, 2.24) is 0 Å². The molecule has 82 valence electrons. The van der Waals surface area contributed by atoms with Gasteiger partial charge in [-0.05, 0) is 41.5 Å². The molecule has 0 saturated heterocycles. The number of halogens is 1. The molecule has 1 atom stereocenters. The van der Waals surface area contributed by atoms with Crippen LogP contribution in [-0.4, -0.2) is 6.54 Å². The third kappa shape index (κ3) is 1.99. The molecule has 1 aromatic rings. The highest BCUT2D eigenvalue weighted by Crippen LogP contribution is 2.43. The fourth-order valence-electron chi connectivity index (χ4n) is 2.39. The highest BCUT2D eigenvalue weighted by molar-refractivity contribution is 5.55. The van der Waals surface area contributed by atoms with Gasteiger partial charge in [0, 0.05) is 12.2 Å². The van der Waals surface area contributed by atoms with Gasteiger partial charge in [-0.25, -0.2) is 4.39 Å². The van der Waals surface area contributed by atoms with Crippen molar-refractivity contribution in [3.63, 3.8) is 0 Å². The van der Waals surface area contributed by atoms with Gasteiger partial charge in [0.1, 0.15) is 5.82 Å².